The molecule has 0 aliphatic rings. The average Bonchev–Trinajstić information content (AvgIpc) is 2.21. The van der Waals surface area contributed by atoms with Crippen LogP contribution < -0.4 is 5.32 Å². The molecule has 0 aliphatic heterocycles. The van der Waals surface area contributed by atoms with Gasteiger partial charge in [-0.05, 0) is 25.8 Å². The summed E-state index contributed by atoms with van der Waals surface area (Å²) < 4.78 is 0. The maximum atomic E-state index is 10.6. The first-order chi connectivity index (χ1) is 7.86. The average molecular weight is 245 g/mol. The monoisotopic (exact) mass is 245 g/mol. The Labute approximate surface area is 104 Å². The molecule has 4 heteroatoms. The van der Waals surface area contributed by atoms with Crippen LogP contribution in [-0.4, -0.2) is 34.9 Å². The minimum absolute atomic E-state index is 0.105. The largest absolute Gasteiger partial charge is 0.479 e. The summed E-state index contributed by atoms with van der Waals surface area (Å²) in [7, 11) is 0. The predicted octanol–water partition coefficient (Wildman–Crippen LogP) is 2.02. The van der Waals surface area contributed by atoms with E-state index in [1.807, 2.05) is 0 Å². The number of hydrogen-bond acceptors (Lipinski definition) is 3. The molecule has 0 aromatic rings. The van der Waals surface area contributed by atoms with E-state index in [2.05, 4.69) is 19.2 Å². The Morgan fingerprint density at radius 1 is 1.24 bits per heavy atom. The maximum Gasteiger partial charge on any atom is 0.336 e. The number of carbonyl (C=O) groups is 1. The Morgan fingerprint density at radius 2 is 1.82 bits per heavy atom. The second-order valence-electron chi connectivity index (χ2n) is 5.35. The number of hydrogen-bond donors (Lipinski definition) is 3. The Kier molecular flexibility index (Phi) is 8.17. The molecule has 0 spiro atoms. The predicted molar refractivity (Wildman–Crippen MR) is 69.1 cm³/mol. The first-order valence-corrected chi connectivity index (χ1v) is 6.52. The van der Waals surface area contributed by atoms with Gasteiger partial charge in [0.2, 0.25) is 0 Å². The first kappa shape index (κ1) is 16.4. The van der Waals surface area contributed by atoms with Crippen LogP contribution in [0.15, 0.2) is 0 Å². The zero-order chi connectivity index (χ0) is 13.3. The summed E-state index contributed by atoms with van der Waals surface area (Å²) in [6, 6.07) is 0. The molecule has 0 aromatic heterocycles. The molecular formula is C13H27NO3. The number of carboxylic acid groups (broad SMARTS) is 1. The van der Waals surface area contributed by atoms with Crippen molar-refractivity contribution in [2.24, 2.45) is 5.92 Å². The lowest BCUT2D eigenvalue weighted by Crippen LogP contribution is -2.45. The Morgan fingerprint density at radius 3 is 2.35 bits per heavy atom. The van der Waals surface area contributed by atoms with Gasteiger partial charge in [0.05, 0.1) is 0 Å². The normalized spacial score (nSPS) is 14.9. The number of aliphatic carboxylic acids is 1. The molecule has 4 nitrogen and oxygen atoms in total. The minimum atomic E-state index is -1.66. The zero-order valence-electron chi connectivity index (χ0n) is 11.3. The van der Waals surface area contributed by atoms with E-state index < -0.39 is 11.6 Å². The van der Waals surface area contributed by atoms with Gasteiger partial charge in [0.1, 0.15) is 0 Å². The van der Waals surface area contributed by atoms with Crippen LogP contribution >= 0.6 is 0 Å². The van der Waals surface area contributed by atoms with Crippen molar-refractivity contribution in [2.75, 3.05) is 13.1 Å². The van der Waals surface area contributed by atoms with Crippen molar-refractivity contribution in [3.8, 4) is 0 Å². The van der Waals surface area contributed by atoms with Gasteiger partial charge in [-0.15, -0.1) is 0 Å². The summed E-state index contributed by atoms with van der Waals surface area (Å²) in [5.74, 6) is -0.402. The van der Waals surface area contributed by atoms with Crippen molar-refractivity contribution in [1.29, 1.82) is 0 Å². The summed E-state index contributed by atoms with van der Waals surface area (Å²) in [6.07, 6.45) is 5.98. The molecule has 0 rings (SSSR count). The lowest BCUT2D eigenvalue weighted by atomic mass is 10.0. The SMILES string of the molecule is CC(C)CCCCCCNCC(C)(O)C(=O)O. The van der Waals surface area contributed by atoms with Crippen molar-refractivity contribution < 1.29 is 15.0 Å². The fourth-order valence-electron chi connectivity index (χ4n) is 1.56. The molecule has 0 heterocycles. The second-order valence-corrected chi connectivity index (χ2v) is 5.35. The third-order valence-corrected chi connectivity index (χ3v) is 2.81. The van der Waals surface area contributed by atoms with Crippen LogP contribution in [-0.2, 0) is 4.79 Å². The fraction of sp³-hybridized carbons (Fsp3) is 0.923. The van der Waals surface area contributed by atoms with Gasteiger partial charge in [-0.2, -0.15) is 0 Å². The summed E-state index contributed by atoms with van der Waals surface area (Å²) in [6.45, 7) is 6.65. The van der Waals surface area contributed by atoms with E-state index in [1.54, 1.807) is 0 Å². The first-order valence-electron chi connectivity index (χ1n) is 6.52. The number of aliphatic hydroxyl groups is 1. The van der Waals surface area contributed by atoms with Gasteiger partial charge in [0.15, 0.2) is 5.60 Å². The highest BCUT2D eigenvalue weighted by atomic mass is 16.4. The van der Waals surface area contributed by atoms with E-state index in [4.69, 9.17) is 5.11 Å². The molecule has 0 bridgehead atoms. The molecule has 17 heavy (non-hydrogen) atoms. The molecule has 0 saturated heterocycles. The quantitative estimate of drug-likeness (QED) is 0.515. The van der Waals surface area contributed by atoms with Crippen LogP contribution in [0.1, 0.15) is 52.9 Å². The van der Waals surface area contributed by atoms with Crippen molar-refractivity contribution in [2.45, 2.75) is 58.5 Å². The second kappa shape index (κ2) is 8.48. The summed E-state index contributed by atoms with van der Waals surface area (Å²) in [4.78, 5) is 10.6. The van der Waals surface area contributed by atoms with Gasteiger partial charge in [0.25, 0.3) is 0 Å². The maximum absolute atomic E-state index is 10.6. The molecule has 0 saturated carbocycles. The number of carboxylic acids is 1. The van der Waals surface area contributed by atoms with E-state index in [-0.39, 0.29) is 6.54 Å². The molecule has 0 aliphatic carbocycles. The smallest absolute Gasteiger partial charge is 0.336 e. The van der Waals surface area contributed by atoms with E-state index in [9.17, 15) is 9.90 Å². The van der Waals surface area contributed by atoms with E-state index in [1.165, 1.54) is 26.2 Å². The van der Waals surface area contributed by atoms with Crippen molar-refractivity contribution in [3.63, 3.8) is 0 Å². The molecule has 1 atom stereocenters. The van der Waals surface area contributed by atoms with Crippen molar-refractivity contribution in [3.05, 3.63) is 0 Å². The molecule has 0 aromatic carbocycles. The van der Waals surface area contributed by atoms with Gasteiger partial charge >= 0.3 is 5.97 Å². The molecular weight excluding hydrogens is 218 g/mol. The van der Waals surface area contributed by atoms with Crippen LogP contribution in [0.5, 0.6) is 0 Å². The zero-order valence-corrected chi connectivity index (χ0v) is 11.3. The van der Waals surface area contributed by atoms with Gasteiger partial charge < -0.3 is 15.5 Å². The van der Waals surface area contributed by atoms with Crippen LogP contribution in [0, 0.1) is 5.92 Å². The Hall–Kier alpha value is -0.610. The highest BCUT2D eigenvalue weighted by molar-refractivity contribution is 5.76. The van der Waals surface area contributed by atoms with Gasteiger partial charge in [-0.1, -0.05) is 39.5 Å². The summed E-state index contributed by atoms with van der Waals surface area (Å²) >= 11 is 0. The molecule has 0 fully saturated rings. The highest BCUT2D eigenvalue weighted by Crippen LogP contribution is 2.09. The molecule has 1 unspecified atom stereocenters. The molecule has 3 N–H and O–H groups in total. The van der Waals surface area contributed by atoms with Crippen LogP contribution in [0.2, 0.25) is 0 Å². The minimum Gasteiger partial charge on any atom is -0.479 e. The van der Waals surface area contributed by atoms with Crippen LogP contribution in [0.4, 0.5) is 0 Å². The number of unbranched alkanes of at least 4 members (excludes halogenated alkanes) is 3. The lowest BCUT2D eigenvalue weighted by Gasteiger charge is -2.18. The van der Waals surface area contributed by atoms with Crippen molar-refractivity contribution in [1.82, 2.24) is 5.32 Å². The van der Waals surface area contributed by atoms with Crippen LogP contribution in [0.3, 0.4) is 0 Å². The highest BCUT2D eigenvalue weighted by Gasteiger charge is 2.28. The van der Waals surface area contributed by atoms with Gasteiger partial charge in [-0.25, -0.2) is 4.79 Å². The summed E-state index contributed by atoms with van der Waals surface area (Å²) in [5.41, 5.74) is -1.66. The fourth-order valence-corrected chi connectivity index (χ4v) is 1.56. The lowest BCUT2D eigenvalue weighted by molar-refractivity contribution is -0.156. The van der Waals surface area contributed by atoms with E-state index >= 15 is 0 Å². The molecule has 102 valence electrons. The number of nitrogens with one attached hydrogen (secondary N) is 1. The van der Waals surface area contributed by atoms with E-state index in [0.29, 0.717) is 0 Å². The Balaban J connectivity index is 3.33. The molecule has 0 amide bonds. The van der Waals surface area contributed by atoms with Crippen LogP contribution in [0.25, 0.3) is 0 Å². The molecule has 0 radical (unpaired) electrons. The summed E-state index contributed by atoms with van der Waals surface area (Å²) in [5, 5.41) is 21.1. The third-order valence-electron chi connectivity index (χ3n) is 2.81. The van der Waals surface area contributed by atoms with Gasteiger partial charge in [0, 0.05) is 6.54 Å². The third kappa shape index (κ3) is 9.12. The van der Waals surface area contributed by atoms with E-state index in [0.717, 1.165) is 25.3 Å². The number of rotatable bonds is 10. The standard InChI is InChI=1S/C13H27NO3/c1-11(2)8-6-4-5-7-9-14-10-13(3,17)12(15)16/h11,14,17H,4-10H2,1-3H3,(H,15,16). The van der Waals surface area contributed by atoms with Gasteiger partial charge in [-0.3, -0.25) is 0 Å². The van der Waals surface area contributed by atoms with Crippen molar-refractivity contribution >= 4 is 5.97 Å². The topological polar surface area (TPSA) is 69.6 Å². The Bertz CT molecular complexity index is 215.